The van der Waals surface area contributed by atoms with Gasteiger partial charge in [0.2, 0.25) is 0 Å². The van der Waals surface area contributed by atoms with Gasteiger partial charge in [-0.15, -0.1) is 0 Å². The molecule has 3 unspecified atom stereocenters. The lowest BCUT2D eigenvalue weighted by molar-refractivity contribution is -0.138. The van der Waals surface area contributed by atoms with Crippen LogP contribution in [0.2, 0.25) is 0 Å². The Hall–Kier alpha value is -1.61. The van der Waals surface area contributed by atoms with Crippen LogP contribution < -0.4 is 4.74 Å². The predicted octanol–water partition coefficient (Wildman–Crippen LogP) is 7.14. The Morgan fingerprint density at radius 2 is 1.73 bits per heavy atom. The van der Waals surface area contributed by atoms with Crippen molar-refractivity contribution in [3.8, 4) is 5.75 Å². The number of ketones is 1. The van der Waals surface area contributed by atoms with Crippen LogP contribution in [0.3, 0.4) is 0 Å². The van der Waals surface area contributed by atoms with Gasteiger partial charge in [0, 0.05) is 5.41 Å². The number of fused-ring (bicyclic) bond motifs is 5. The molecule has 180 valence electrons. The number of allylic oxidation sites excluding steroid dienone is 1. The lowest BCUT2D eigenvalue weighted by atomic mass is 9.45. The number of methoxy groups -OCH3 is 1. The summed E-state index contributed by atoms with van der Waals surface area (Å²) in [5, 5.41) is 0. The number of carbonyl (C=O) groups is 1. The first-order valence-electron chi connectivity index (χ1n) is 13.2. The third kappa shape index (κ3) is 3.52. The molecular formula is C30H42O3. The molecule has 4 aliphatic rings. The first kappa shape index (κ1) is 23.1. The molecule has 7 atom stereocenters. The fourth-order valence-corrected chi connectivity index (χ4v) is 8.55. The minimum atomic E-state index is -0.125. The van der Waals surface area contributed by atoms with E-state index in [2.05, 4.69) is 39.0 Å². The first-order valence-corrected chi connectivity index (χ1v) is 13.2. The zero-order valence-corrected chi connectivity index (χ0v) is 21.3. The van der Waals surface area contributed by atoms with Gasteiger partial charge < -0.3 is 9.47 Å². The lowest BCUT2D eigenvalue weighted by Gasteiger charge is -2.59. The van der Waals surface area contributed by atoms with Crippen molar-refractivity contribution in [3.63, 3.8) is 0 Å². The Kier molecular flexibility index (Phi) is 5.79. The third-order valence-corrected chi connectivity index (χ3v) is 11.1. The maximum atomic E-state index is 12.7. The Balaban J connectivity index is 1.28. The number of benzene rings is 1. The number of rotatable bonds is 5. The number of Topliss-reactive ketones (excluding diaryl/α,β-unsaturated/α-hetero) is 1. The Labute approximate surface area is 200 Å². The molecule has 3 nitrogen and oxygen atoms in total. The highest BCUT2D eigenvalue weighted by Gasteiger charge is 2.63. The standard InChI is InChI=1S/C30H42O3/c1-20(31)29(3)16-14-27-25-11-8-22-18-24(33-19-21-6-9-23(32-5)10-7-21)12-15-28(22,2)26(25)13-17-30(27,29)4/h6-10,24-27H,11-19H2,1-5H3/t24-,25?,26?,27?,28-,29+,30-/m0/s1. The summed E-state index contributed by atoms with van der Waals surface area (Å²) >= 11 is 0. The highest BCUT2D eigenvalue weighted by atomic mass is 16.5. The van der Waals surface area contributed by atoms with Crippen LogP contribution in [-0.2, 0) is 16.1 Å². The average molecular weight is 451 g/mol. The maximum absolute atomic E-state index is 12.7. The zero-order valence-electron chi connectivity index (χ0n) is 21.3. The maximum Gasteiger partial charge on any atom is 0.136 e. The van der Waals surface area contributed by atoms with Crippen LogP contribution in [-0.4, -0.2) is 19.0 Å². The van der Waals surface area contributed by atoms with Crippen molar-refractivity contribution in [1.29, 1.82) is 0 Å². The van der Waals surface area contributed by atoms with Crippen molar-refractivity contribution < 1.29 is 14.3 Å². The third-order valence-electron chi connectivity index (χ3n) is 11.1. The average Bonchev–Trinajstić information content (AvgIpc) is 3.10. The molecule has 0 spiro atoms. The van der Waals surface area contributed by atoms with E-state index in [-0.39, 0.29) is 10.8 Å². The van der Waals surface area contributed by atoms with Gasteiger partial charge in [-0.3, -0.25) is 4.79 Å². The van der Waals surface area contributed by atoms with E-state index in [1.165, 1.54) is 37.7 Å². The fraction of sp³-hybridized carbons (Fsp3) is 0.700. The number of hydrogen-bond acceptors (Lipinski definition) is 3. The van der Waals surface area contributed by atoms with Crippen molar-refractivity contribution in [1.82, 2.24) is 0 Å². The Bertz CT molecular complexity index is 932. The summed E-state index contributed by atoms with van der Waals surface area (Å²) in [6.07, 6.45) is 12.4. The number of carbonyl (C=O) groups excluding carboxylic acids is 1. The van der Waals surface area contributed by atoms with Gasteiger partial charge in [-0.05, 0) is 105 Å². The first-order chi connectivity index (χ1) is 15.7. The zero-order chi connectivity index (χ0) is 23.4. The number of hydrogen-bond donors (Lipinski definition) is 0. The molecule has 1 aromatic rings. The Morgan fingerprint density at radius 1 is 1.00 bits per heavy atom. The summed E-state index contributed by atoms with van der Waals surface area (Å²) in [6, 6.07) is 8.23. The second-order valence-electron chi connectivity index (χ2n) is 12.2. The van der Waals surface area contributed by atoms with Crippen molar-refractivity contribution in [3.05, 3.63) is 41.5 Å². The molecule has 33 heavy (non-hydrogen) atoms. The molecule has 0 bridgehead atoms. The largest absolute Gasteiger partial charge is 0.497 e. The van der Waals surface area contributed by atoms with Gasteiger partial charge in [0.05, 0.1) is 19.8 Å². The van der Waals surface area contributed by atoms with Crippen LogP contribution in [0, 0.1) is 34.0 Å². The van der Waals surface area contributed by atoms with Crippen LogP contribution >= 0.6 is 0 Å². The topological polar surface area (TPSA) is 35.5 Å². The molecule has 3 saturated carbocycles. The van der Waals surface area contributed by atoms with E-state index in [1.807, 2.05) is 19.1 Å². The minimum Gasteiger partial charge on any atom is -0.497 e. The molecule has 3 fully saturated rings. The van der Waals surface area contributed by atoms with Crippen LogP contribution in [0.4, 0.5) is 0 Å². The van der Waals surface area contributed by atoms with Crippen molar-refractivity contribution in [2.24, 2.45) is 34.0 Å². The summed E-state index contributed by atoms with van der Waals surface area (Å²) in [5.41, 5.74) is 3.24. The van der Waals surface area contributed by atoms with Crippen molar-refractivity contribution in [2.75, 3.05) is 7.11 Å². The van der Waals surface area contributed by atoms with Gasteiger partial charge >= 0.3 is 0 Å². The summed E-state index contributed by atoms with van der Waals surface area (Å²) in [4.78, 5) is 12.7. The van der Waals surface area contributed by atoms with E-state index < -0.39 is 0 Å². The Morgan fingerprint density at radius 3 is 2.42 bits per heavy atom. The summed E-state index contributed by atoms with van der Waals surface area (Å²) in [5.74, 6) is 3.52. The van der Waals surface area contributed by atoms with Gasteiger partial charge in [-0.25, -0.2) is 0 Å². The molecule has 5 rings (SSSR count). The SMILES string of the molecule is COc1ccc(CO[C@H]2CC[C@@]3(C)C(=CCC4C3CC[C@@]3(C)C4CC[C@]3(C)C(C)=O)C2)cc1. The van der Waals surface area contributed by atoms with Gasteiger partial charge in [0.25, 0.3) is 0 Å². The van der Waals surface area contributed by atoms with E-state index in [0.717, 1.165) is 36.8 Å². The molecule has 1 aromatic carbocycles. The van der Waals surface area contributed by atoms with Crippen molar-refractivity contribution in [2.45, 2.75) is 91.8 Å². The monoisotopic (exact) mass is 450 g/mol. The predicted molar refractivity (Wildman–Crippen MR) is 132 cm³/mol. The van der Waals surface area contributed by atoms with Crippen LogP contribution in [0.25, 0.3) is 0 Å². The molecule has 4 aliphatic carbocycles. The molecule has 0 saturated heterocycles. The number of ether oxygens (including phenoxy) is 2. The fourth-order valence-electron chi connectivity index (χ4n) is 8.55. The van der Waals surface area contributed by atoms with E-state index in [1.54, 1.807) is 12.7 Å². The highest BCUT2D eigenvalue weighted by molar-refractivity contribution is 5.83. The second kappa shape index (κ2) is 8.26. The summed E-state index contributed by atoms with van der Waals surface area (Å²) in [7, 11) is 1.70. The van der Waals surface area contributed by atoms with Gasteiger partial charge in [0.1, 0.15) is 11.5 Å². The van der Waals surface area contributed by atoms with Gasteiger partial charge in [-0.2, -0.15) is 0 Å². The van der Waals surface area contributed by atoms with Gasteiger partial charge in [-0.1, -0.05) is 44.6 Å². The smallest absolute Gasteiger partial charge is 0.136 e. The molecule has 0 aromatic heterocycles. The van der Waals surface area contributed by atoms with Crippen LogP contribution in [0.15, 0.2) is 35.9 Å². The molecule has 0 amide bonds. The van der Waals surface area contributed by atoms with E-state index in [4.69, 9.17) is 9.47 Å². The van der Waals surface area contributed by atoms with Crippen molar-refractivity contribution >= 4 is 5.78 Å². The lowest BCUT2D eigenvalue weighted by Crippen LogP contribution is -2.53. The normalized spacial score (nSPS) is 42.0. The van der Waals surface area contributed by atoms with E-state index >= 15 is 0 Å². The highest BCUT2D eigenvalue weighted by Crippen LogP contribution is 2.69. The van der Waals surface area contributed by atoms with Crippen LogP contribution in [0.5, 0.6) is 5.75 Å². The quantitative estimate of drug-likeness (QED) is 0.447. The molecule has 0 aliphatic heterocycles. The van der Waals surface area contributed by atoms with E-state index in [0.29, 0.717) is 29.8 Å². The van der Waals surface area contributed by atoms with Gasteiger partial charge in [0.15, 0.2) is 0 Å². The molecule has 3 heteroatoms. The molecular weight excluding hydrogens is 408 g/mol. The van der Waals surface area contributed by atoms with E-state index in [9.17, 15) is 4.79 Å². The second-order valence-corrected chi connectivity index (χ2v) is 12.2. The molecule has 0 heterocycles. The minimum absolute atomic E-state index is 0.125. The molecule has 0 N–H and O–H groups in total. The summed E-state index contributed by atoms with van der Waals surface area (Å²) < 4.78 is 11.7. The van der Waals surface area contributed by atoms with Crippen LogP contribution in [0.1, 0.15) is 84.6 Å². The summed E-state index contributed by atoms with van der Waals surface area (Å²) in [6.45, 7) is 9.79. The molecule has 0 radical (unpaired) electrons.